The average Bonchev–Trinajstić information content (AvgIpc) is 2.66. The first-order chi connectivity index (χ1) is 9.40. The molecule has 1 saturated heterocycles. The molecule has 0 aromatic carbocycles. The fraction of sp³-hybridized carbons (Fsp3) is 0.636. The predicted octanol–water partition coefficient (Wildman–Crippen LogP) is 0.640. The maximum Gasteiger partial charge on any atom is 0.534 e. The van der Waals surface area contributed by atoms with Crippen molar-refractivity contribution in [1.29, 1.82) is 0 Å². The maximum atomic E-state index is 11.3. The Morgan fingerprint density at radius 1 is 1.35 bits per heavy atom. The Morgan fingerprint density at radius 3 is 2.50 bits per heavy atom. The summed E-state index contributed by atoms with van der Waals surface area (Å²) < 4.78 is 4.83. The summed E-state index contributed by atoms with van der Waals surface area (Å²) in [6.45, 7) is 1.83. The van der Waals surface area contributed by atoms with Crippen molar-refractivity contribution in [2.24, 2.45) is 0 Å². The van der Waals surface area contributed by atoms with E-state index in [1.54, 1.807) is 6.92 Å². The summed E-state index contributed by atoms with van der Waals surface area (Å²) >= 11 is 0. The fourth-order valence-corrected chi connectivity index (χ4v) is 1.56. The lowest BCUT2D eigenvalue weighted by Crippen LogP contribution is -2.33. The molecule has 1 aliphatic heterocycles. The standard InChI is InChI=1S/C11H16N2O7/c1-7(3-2-6-12-10(16)17)19-11(18)20-13-8(14)4-5-9(13)15/h7,12H,2-6H2,1H3,(H,16,17). The van der Waals surface area contributed by atoms with Gasteiger partial charge in [0.05, 0.1) is 0 Å². The van der Waals surface area contributed by atoms with Crippen LogP contribution in [-0.2, 0) is 19.2 Å². The second-order valence-corrected chi connectivity index (χ2v) is 4.23. The zero-order valence-corrected chi connectivity index (χ0v) is 11.0. The lowest BCUT2D eigenvalue weighted by Gasteiger charge is -2.16. The number of carbonyl (C=O) groups excluding carboxylic acids is 3. The highest BCUT2D eigenvalue weighted by atomic mass is 16.8. The van der Waals surface area contributed by atoms with Gasteiger partial charge in [0.2, 0.25) is 0 Å². The molecular weight excluding hydrogens is 272 g/mol. The molecule has 0 radical (unpaired) electrons. The molecule has 1 unspecified atom stereocenters. The summed E-state index contributed by atoms with van der Waals surface area (Å²) in [5.74, 6) is -1.16. The Bertz CT molecular complexity index is 394. The van der Waals surface area contributed by atoms with Gasteiger partial charge in [-0.2, -0.15) is 0 Å². The van der Waals surface area contributed by atoms with E-state index in [2.05, 4.69) is 10.2 Å². The first-order valence-corrected chi connectivity index (χ1v) is 6.11. The SMILES string of the molecule is CC(CCCNC(=O)O)OC(=O)ON1C(=O)CCC1=O. The number of amides is 3. The van der Waals surface area contributed by atoms with Crippen molar-refractivity contribution in [2.75, 3.05) is 6.54 Å². The van der Waals surface area contributed by atoms with Crippen LogP contribution >= 0.6 is 0 Å². The van der Waals surface area contributed by atoms with Crippen LogP contribution in [0, 0.1) is 0 Å². The van der Waals surface area contributed by atoms with Crippen molar-refractivity contribution >= 4 is 24.1 Å². The van der Waals surface area contributed by atoms with Crippen LogP contribution in [0.1, 0.15) is 32.6 Å². The van der Waals surface area contributed by atoms with E-state index in [1.165, 1.54) is 0 Å². The van der Waals surface area contributed by atoms with E-state index in [0.717, 1.165) is 0 Å². The van der Waals surface area contributed by atoms with Crippen LogP contribution in [0.25, 0.3) is 0 Å². The number of hydroxylamine groups is 2. The third kappa shape index (κ3) is 5.12. The molecule has 0 saturated carbocycles. The number of carbonyl (C=O) groups is 4. The summed E-state index contributed by atoms with van der Waals surface area (Å²) in [5, 5.41) is 10.9. The van der Waals surface area contributed by atoms with Gasteiger partial charge in [-0.3, -0.25) is 14.4 Å². The third-order valence-corrected chi connectivity index (χ3v) is 2.53. The van der Waals surface area contributed by atoms with Gasteiger partial charge >= 0.3 is 12.2 Å². The summed E-state index contributed by atoms with van der Waals surface area (Å²) in [6, 6.07) is 0. The van der Waals surface area contributed by atoms with Crippen molar-refractivity contribution in [3.63, 3.8) is 0 Å². The van der Waals surface area contributed by atoms with Gasteiger partial charge in [0, 0.05) is 19.4 Å². The molecule has 9 nitrogen and oxygen atoms in total. The van der Waals surface area contributed by atoms with Gasteiger partial charge in [-0.15, -0.1) is 0 Å². The Morgan fingerprint density at radius 2 is 1.95 bits per heavy atom. The summed E-state index contributed by atoms with van der Waals surface area (Å²) in [5.41, 5.74) is 0. The van der Waals surface area contributed by atoms with Gasteiger partial charge in [0.15, 0.2) is 0 Å². The van der Waals surface area contributed by atoms with Crippen molar-refractivity contribution < 1.29 is 33.9 Å². The Hall–Kier alpha value is -2.32. The van der Waals surface area contributed by atoms with E-state index in [-0.39, 0.29) is 19.4 Å². The number of ether oxygens (including phenoxy) is 1. The highest BCUT2D eigenvalue weighted by Crippen LogP contribution is 2.13. The van der Waals surface area contributed by atoms with E-state index in [4.69, 9.17) is 9.84 Å². The molecule has 3 amide bonds. The molecule has 1 fully saturated rings. The van der Waals surface area contributed by atoms with Gasteiger partial charge < -0.3 is 15.2 Å². The zero-order chi connectivity index (χ0) is 15.1. The Balaban J connectivity index is 2.22. The molecule has 2 N–H and O–H groups in total. The second-order valence-electron chi connectivity index (χ2n) is 4.23. The molecule has 0 aromatic rings. The second kappa shape index (κ2) is 7.31. The van der Waals surface area contributed by atoms with Crippen LogP contribution in [0.4, 0.5) is 9.59 Å². The van der Waals surface area contributed by atoms with Gasteiger partial charge in [-0.1, -0.05) is 5.06 Å². The lowest BCUT2D eigenvalue weighted by molar-refractivity contribution is -0.178. The highest BCUT2D eigenvalue weighted by molar-refractivity contribution is 6.01. The smallest absolute Gasteiger partial charge is 0.465 e. The van der Waals surface area contributed by atoms with E-state index in [1.807, 2.05) is 0 Å². The van der Waals surface area contributed by atoms with E-state index >= 15 is 0 Å². The normalized spacial score (nSPS) is 15.9. The summed E-state index contributed by atoms with van der Waals surface area (Å²) in [4.78, 5) is 48.4. The van der Waals surface area contributed by atoms with Crippen LogP contribution in [0.15, 0.2) is 0 Å². The average molecular weight is 288 g/mol. The molecule has 9 heteroatoms. The maximum absolute atomic E-state index is 11.3. The van der Waals surface area contributed by atoms with Crippen LogP contribution in [0.3, 0.4) is 0 Å². The summed E-state index contributed by atoms with van der Waals surface area (Å²) in [6.07, 6.45) is -1.85. The number of hydrogen-bond acceptors (Lipinski definition) is 6. The number of hydrogen-bond donors (Lipinski definition) is 2. The van der Waals surface area contributed by atoms with Crippen LogP contribution in [0.5, 0.6) is 0 Å². The Kier molecular flexibility index (Phi) is 5.75. The Labute approximate surface area is 114 Å². The molecule has 1 aliphatic rings. The quantitative estimate of drug-likeness (QED) is 0.417. The van der Waals surface area contributed by atoms with E-state index < -0.39 is 30.2 Å². The van der Waals surface area contributed by atoms with Gasteiger partial charge in [-0.05, 0) is 19.8 Å². The molecule has 1 heterocycles. The van der Waals surface area contributed by atoms with Crippen LogP contribution in [0.2, 0.25) is 0 Å². The number of carboxylic acid groups (broad SMARTS) is 1. The first kappa shape index (κ1) is 15.7. The highest BCUT2D eigenvalue weighted by Gasteiger charge is 2.33. The van der Waals surface area contributed by atoms with Crippen molar-refractivity contribution in [3.05, 3.63) is 0 Å². The molecule has 1 rings (SSSR count). The molecular formula is C11H16N2O7. The number of rotatable bonds is 6. The molecule has 1 atom stereocenters. The molecule has 0 spiro atoms. The molecule has 0 aliphatic carbocycles. The number of imide groups is 1. The largest absolute Gasteiger partial charge is 0.534 e. The van der Waals surface area contributed by atoms with Gasteiger partial charge in [0.25, 0.3) is 11.8 Å². The minimum absolute atomic E-state index is 0.0164. The van der Waals surface area contributed by atoms with Gasteiger partial charge in [0.1, 0.15) is 6.10 Å². The number of nitrogens with zero attached hydrogens (tertiary/aromatic N) is 1. The monoisotopic (exact) mass is 288 g/mol. The zero-order valence-electron chi connectivity index (χ0n) is 11.0. The van der Waals surface area contributed by atoms with Crippen LogP contribution in [-0.4, -0.2) is 46.9 Å². The van der Waals surface area contributed by atoms with Crippen molar-refractivity contribution in [3.8, 4) is 0 Å². The number of nitrogens with one attached hydrogen (secondary N) is 1. The minimum Gasteiger partial charge on any atom is -0.465 e. The topological polar surface area (TPSA) is 122 Å². The fourth-order valence-electron chi connectivity index (χ4n) is 1.56. The molecule has 0 bridgehead atoms. The van der Waals surface area contributed by atoms with E-state index in [9.17, 15) is 19.2 Å². The van der Waals surface area contributed by atoms with Gasteiger partial charge in [-0.25, -0.2) is 9.59 Å². The molecule has 20 heavy (non-hydrogen) atoms. The lowest BCUT2D eigenvalue weighted by atomic mass is 10.2. The van der Waals surface area contributed by atoms with Crippen molar-refractivity contribution in [2.45, 2.75) is 38.7 Å². The van der Waals surface area contributed by atoms with Crippen LogP contribution < -0.4 is 5.32 Å². The first-order valence-electron chi connectivity index (χ1n) is 6.11. The molecule has 112 valence electrons. The summed E-state index contributed by atoms with van der Waals surface area (Å²) in [7, 11) is 0. The predicted molar refractivity (Wildman–Crippen MR) is 63.4 cm³/mol. The van der Waals surface area contributed by atoms with Crippen molar-refractivity contribution in [1.82, 2.24) is 10.4 Å². The van der Waals surface area contributed by atoms with E-state index in [0.29, 0.717) is 17.9 Å². The minimum atomic E-state index is -1.13. The molecule has 0 aromatic heterocycles. The third-order valence-electron chi connectivity index (χ3n) is 2.53.